The van der Waals surface area contributed by atoms with Crippen LogP contribution in [0.4, 0.5) is 0 Å². The molecule has 1 aromatic carbocycles. The number of unbranched alkanes of at least 4 members (excludes halogenated alkanes) is 2. The van der Waals surface area contributed by atoms with E-state index in [4.69, 9.17) is 0 Å². The van der Waals surface area contributed by atoms with E-state index in [1.165, 1.54) is 30.4 Å². The third-order valence-corrected chi connectivity index (χ3v) is 2.24. The highest BCUT2D eigenvalue weighted by Crippen LogP contribution is 2.14. The van der Waals surface area contributed by atoms with Crippen molar-refractivity contribution in [3.63, 3.8) is 0 Å². The summed E-state index contributed by atoms with van der Waals surface area (Å²) in [6, 6.07) is 10.6. The molecule has 0 unspecified atom stereocenters. The molecule has 0 N–H and O–H groups in total. The Morgan fingerprint density at radius 3 is 2.54 bits per heavy atom. The Balaban J connectivity index is 2.57. The third kappa shape index (κ3) is 3.45. The van der Waals surface area contributed by atoms with Crippen LogP contribution >= 0.6 is 0 Å². The van der Waals surface area contributed by atoms with Crippen molar-refractivity contribution in [2.45, 2.75) is 33.1 Å². The highest BCUT2D eigenvalue weighted by molar-refractivity contribution is 5.63. The van der Waals surface area contributed by atoms with Gasteiger partial charge in [0.15, 0.2) is 0 Å². The van der Waals surface area contributed by atoms with Crippen molar-refractivity contribution < 1.29 is 0 Å². The maximum atomic E-state index is 2.33. The second-order valence-corrected chi connectivity index (χ2v) is 3.40. The second-order valence-electron chi connectivity index (χ2n) is 3.40. The summed E-state index contributed by atoms with van der Waals surface area (Å²) in [5.74, 6) is 0. The quantitative estimate of drug-likeness (QED) is 0.598. The maximum absolute atomic E-state index is 2.33. The van der Waals surface area contributed by atoms with E-state index in [1.807, 2.05) is 0 Å². The Labute approximate surface area is 81.3 Å². The molecule has 1 rings (SSSR count). The smallest absolute Gasteiger partial charge is 0.0231 e. The summed E-state index contributed by atoms with van der Waals surface area (Å²) in [6.07, 6.45) is 6.11. The summed E-state index contributed by atoms with van der Waals surface area (Å²) < 4.78 is 0. The minimum Gasteiger partial charge on any atom is -0.0810 e. The van der Waals surface area contributed by atoms with Crippen molar-refractivity contribution in [3.8, 4) is 0 Å². The minimum atomic E-state index is 1.21. The predicted molar refractivity (Wildman–Crippen MR) is 59.6 cm³/mol. The van der Waals surface area contributed by atoms with E-state index >= 15 is 0 Å². The minimum absolute atomic E-state index is 1.21. The van der Waals surface area contributed by atoms with Crippen molar-refractivity contribution >= 4 is 5.57 Å². The van der Waals surface area contributed by atoms with Gasteiger partial charge in [-0.3, -0.25) is 0 Å². The molecule has 1 aromatic rings. The molecule has 0 spiro atoms. The molecule has 0 bridgehead atoms. The average molecular weight is 174 g/mol. The van der Waals surface area contributed by atoms with Crippen molar-refractivity contribution in [2.24, 2.45) is 0 Å². The van der Waals surface area contributed by atoms with Gasteiger partial charge in [-0.1, -0.05) is 56.2 Å². The summed E-state index contributed by atoms with van der Waals surface area (Å²) in [4.78, 5) is 0. The Hall–Kier alpha value is -1.04. The fraction of sp³-hybridized carbons (Fsp3) is 0.385. The highest BCUT2D eigenvalue weighted by Gasteiger charge is 1.91. The zero-order valence-electron chi connectivity index (χ0n) is 8.59. The molecule has 0 aliphatic carbocycles. The van der Waals surface area contributed by atoms with Crippen LogP contribution in [0, 0.1) is 0 Å². The lowest BCUT2D eigenvalue weighted by Crippen LogP contribution is -1.78. The molecule has 0 amide bonds. The van der Waals surface area contributed by atoms with Crippen LogP contribution in [0.15, 0.2) is 36.4 Å². The summed E-state index contributed by atoms with van der Waals surface area (Å²) in [6.45, 7) is 4.41. The van der Waals surface area contributed by atoms with Gasteiger partial charge in [-0.15, -0.1) is 0 Å². The first-order valence-electron chi connectivity index (χ1n) is 5.06. The molecule has 0 saturated heterocycles. The largest absolute Gasteiger partial charge is 0.0810 e. The number of rotatable bonds is 4. The maximum Gasteiger partial charge on any atom is -0.0231 e. The van der Waals surface area contributed by atoms with Crippen LogP contribution in [-0.4, -0.2) is 0 Å². The van der Waals surface area contributed by atoms with Crippen LogP contribution in [-0.2, 0) is 0 Å². The molecule has 0 aliphatic heterocycles. The van der Waals surface area contributed by atoms with Gasteiger partial charge in [0.2, 0.25) is 0 Å². The van der Waals surface area contributed by atoms with E-state index < -0.39 is 0 Å². The molecular formula is C13H18. The van der Waals surface area contributed by atoms with E-state index in [1.54, 1.807) is 0 Å². The number of benzene rings is 1. The van der Waals surface area contributed by atoms with Crippen LogP contribution in [0.2, 0.25) is 0 Å². The lowest BCUT2D eigenvalue weighted by Gasteiger charge is -2.00. The van der Waals surface area contributed by atoms with E-state index in [-0.39, 0.29) is 0 Å². The predicted octanol–water partition coefficient (Wildman–Crippen LogP) is 4.28. The van der Waals surface area contributed by atoms with Gasteiger partial charge < -0.3 is 0 Å². The number of hydrogen-bond acceptors (Lipinski definition) is 0. The Morgan fingerprint density at radius 2 is 1.92 bits per heavy atom. The highest BCUT2D eigenvalue weighted by atomic mass is 14.0. The molecule has 0 aliphatic rings. The first-order chi connectivity index (χ1) is 6.34. The summed E-state index contributed by atoms with van der Waals surface area (Å²) in [5.41, 5.74) is 2.74. The summed E-state index contributed by atoms with van der Waals surface area (Å²) in [7, 11) is 0. The average Bonchev–Trinajstić information content (AvgIpc) is 2.19. The van der Waals surface area contributed by atoms with E-state index in [0.717, 1.165) is 0 Å². The van der Waals surface area contributed by atoms with Gasteiger partial charge in [-0.2, -0.15) is 0 Å². The van der Waals surface area contributed by atoms with E-state index in [9.17, 15) is 0 Å². The molecule has 0 heteroatoms. The topological polar surface area (TPSA) is 0 Å². The van der Waals surface area contributed by atoms with Gasteiger partial charge >= 0.3 is 0 Å². The number of hydrogen-bond donors (Lipinski definition) is 0. The molecule has 0 saturated carbocycles. The van der Waals surface area contributed by atoms with Gasteiger partial charge in [0.1, 0.15) is 0 Å². The normalized spacial score (nSPS) is 11.7. The van der Waals surface area contributed by atoms with E-state index in [0.29, 0.717) is 0 Å². The Morgan fingerprint density at radius 1 is 1.23 bits per heavy atom. The van der Waals surface area contributed by atoms with Crippen LogP contribution < -0.4 is 0 Å². The molecule has 0 atom stereocenters. The Bertz CT molecular complexity index is 257. The molecule has 70 valence electrons. The van der Waals surface area contributed by atoms with Crippen molar-refractivity contribution in [2.75, 3.05) is 0 Å². The van der Waals surface area contributed by atoms with Crippen molar-refractivity contribution in [1.82, 2.24) is 0 Å². The van der Waals surface area contributed by atoms with Gasteiger partial charge in [0.05, 0.1) is 0 Å². The fourth-order valence-electron chi connectivity index (χ4n) is 1.34. The molecule has 0 nitrogen and oxygen atoms in total. The van der Waals surface area contributed by atoms with Crippen LogP contribution in [0.3, 0.4) is 0 Å². The zero-order valence-corrected chi connectivity index (χ0v) is 8.59. The van der Waals surface area contributed by atoms with Gasteiger partial charge in [0.25, 0.3) is 0 Å². The first kappa shape index (κ1) is 10.0. The molecule has 13 heavy (non-hydrogen) atoms. The molecular weight excluding hydrogens is 156 g/mol. The fourth-order valence-corrected chi connectivity index (χ4v) is 1.34. The van der Waals surface area contributed by atoms with Crippen LogP contribution in [0.5, 0.6) is 0 Å². The third-order valence-electron chi connectivity index (χ3n) is 2.24. The standard InChI is InChI=1S/C13H18/c1-3-4-6-9-12(2)13-10-7-5-8-11-13/h5,7-11H,3-4,6H2,1-2H3/b12-9-. The van der Waals surface area contributed by atoms with Gasteiger partial charge in [0, 0.05) is 0 Å². The van der Waals surface area contributed by atoms with Gasteiger partial charge in [-0.25, -0.2) is 0 Å². The molecule has 0 heterocycles. The van der Waals surface area contributed by atoms with Crippen molar-refractivity contribution in [3.05, 3.63) is 42.0 Å². The summed E-state index contributed by atoms with van der Waals surface area (Å²) in [5, 5.41) is 0. The van der Waals surface area contributed by atoms with Crippen LogP contribution in [0.1, 0.15) is 38.7 Å². The lowest BCUT2D eigenvalue weighted by atomic mass is 10.1. The van der Waals surface area contributed by atoms with Gasteiger partial charge in [-0.05, 0) is 24.5 Å². The molecule has 0 aromatic heterocycles. The van der Waals surface area contributed by atoms with Crippen molar-refractivity contribution in [1.29, 1.82) is 0 Å². The Kier molecular flexibility index (Phi) is 4.31. The molecule has 0 fully saturated rings. The second kappa shape index (κ2) is 5.58. The van der Waals surface area contributed by atoms with Crippen LogP contribution in [0.25, 0.3) is 5.57 Å². The SMILES string of the molecule is CCCC/C=C(/C)c1ccccc1. The first-order valence-corrected chi connectivity index (χ1v) is 5.06. The number of allylic oxidation sites excluding steroid dienone is 2. The molecule has 0 radical (unpaired) electrons. The zero-order chi connectivity index (χ0) is 9.52. The monoisotopic (exact) mass is 174 g/mol. The lowest BCUT2D eigenvalue weighted by molar-refractivity contribution is 0.815. The van der Waals surface area contributed by atoms with E-state index in [2.05, 4.69) is 50.3 Å². The summed E-state index contributed by atoms with van der Waals surface area (Å²) >= 11 is 0.